The number of aryl methyl sites for hydroxylation is 1. The molecule has 22 heavy (non-hydrogen) atoms. The fraction of sp³-hybridized carbons (Fsp3) is 0.211. The van der Waals surface area contributed by atoms with Gasteiger partial charge in [0.25, 0.3) is 0 Å². The zero-order chi connectivity index (χ0) is 16.1. The quantitative estimate of drug-likeness (QED) is 0.609. The van der Waals surface area contributed by atoms with E-state index in [-0.39, 0.29) is 5.78 Å². The Bertz CT molecular complexity index is 697. The van der Waals surface area contributed by atoms with E-state index < -0.39 is 0 Å². The van der Waals surface area contributed by atoms with Crippen molar-refractivity contribution in [2.24, 2.45) is 0 Å². The van der Waals surface area contributed by atoms with Gasteiger partial charge in [0.15, 0.2) is 5.78 Å². The van der Waals surface area contributed by atoms with E-state index in [4.69, 9.17) is 9.47 Å². The summed E-state index contributed by atoms with van der Waals surface area (Å²) < 4.78 is 10.3. The molecule has 0 spiro atoms. The number of hydrogen-bond acceptors (Lipinski definition) is 3. The van der Waals surface area contributed by atoms with Crippen molar-refractivity contribution in [3.05, 3.63) is 64.7 Å². The molecule has 0 bridgehead atoms. The molecule has 0 unspecified atom stereocenters. The molecule has 0 heterocycles. The lowest BCUT2D eigenvalue weighted by molar-refractivity contribution is 0.103. The van der Waals surface area contributed by atoms with Gasteiger partial charge >= 0.3 is 0 Å². The molecule has 0 atom stereocenters. The van der Waals surface area contributed by atoms with E-state index in [1.54, 1.807) is 38.5 Å². The number of allylic oxidation sites excluding steroid dienone is 1. The number of ether oxygens (including phenoxy) is 2. The number of hydrogen-bond donors (Lipinski definition) is 0. The molecule has 3 heteroatoms. The second-order valence-electron chi connectivity index (χ2n) is 5.11. The lowest BCUT2D eigenvalue weighted by atomic mass is 10.0. The fourth-order valence-electron chi connectivity index (χ4n) is 2.28. The first-order valence-corrected chi connectivity index (χ1v) is 7.07. The number of carbonyl (C=O) groups excluding carboxylic acids is 1. The van der Waals surface area contributed by atoms with Crippen molar-refractivity contribution < 1.29 is 14.3 Å². The summed E-state index contributed by atoms with van der Waals surface area (Å²) in [7, 11) is 3.25. The minimum atomic E-state index is 0.0103. The van der Waals surface area contributed by atoms with E-state index in [0.717, 1.165) is 22.6 Å². The molecule has 0 aromatic heterocycles. The van der Waals surface area contributed by atoms with Gasteiger partial charge in [-0.1, -0.05) is 6.07 Å². The van der Waals surface area contributed by atoms with Gasteiger partial charge in [-0.15, -0.1) is 0 Å². The van der Waals surface area contributed by atoms with Gasteiger partial charge in [-0.05, 0) is 73.0 Å². The molecule has 0 aliphatic heterocycles. The van der Waals surface area contributed by atoms with Crippen LogP contribution in [-0.2, 0) is 0 Å². The van der Waals surface area contributed by atoms with Gasteiger partial charge in [-0.25, -0.2) is 0 Å². The number of methoxy groups -OCH3 is 2. The Morgan fingerprint density at radius 2 is 1.68 bits per heavy atom. The second kappa shape index (κ2) is 6.94. The molecule has 0 saturated carbocycles. The Morgan fingerprint density at radius 3 is 2.23 bits per heavy atom. The number of benzene rings is 2. The Labute approximate surface area is 131 Å². The van der Waals surface area contributed by atoms with Crippen molar-refractivity contribution in [2.75, 3.05) is 14.2 Å². The Hall–Kier alpha value is -2.55. The van der Waals surface area contributed by atoms with E-state index in [1.807, 2.05) is 38.1 Å². The molecular formula is C19H20O3. The van der Waals surface area contributed by atoms with Gasteiger partial charge in [0, 0.05) is 5.56 Å². The molecule has 2 aromatic carbocycles. The summed E-state index contributed by atoms with van der Waals surface area (Å²) in [5.74, 6) is 1.59. The zero-order valence-electron chi connectivity index (χ0n) is 13.3. The maximum Gasteiger partial charge on any atom is 0.188 e. The van der Waals surface area contributed by atoms with Crippen LogP contribution in [0.2, 0.25) is 0 Å². The van der Waals surface area contributed by atoms with Crippen LogP contribution in [0.15, 0.2) is 48.0 Å². The summed E-state index contributed by atoms with van der Waals surface area (Å²) in [6.07, 6.45) is 1.89. The molecular weight excluding hydrogens is 276 g/mol. The number of Topliss-reactive ketones (excluding diaryl/α,β-unsaturated/α-hetero) is 1. The first-order chi connectivity index (χ1) is 10.5. The molecule has 0 amide bonds. The molecule has 0 N–H and O–H groups in total. The summed E-state index contributed by atoms with van der Waals surface area (Å²) in [6.45, 7) is 3.81. The van der Waals surface area contributed by atoms with Crippen LogP contribution in [0.25, 0.3) is 6.08 Å². The molecule has 3 nitrogen and oxygen atoms in total. The largest absolute Gasteiger partial charge is 0.497 e. The van der Waals surface area contributed by atoms with Crippen molar-refractivity contribution in [1.82, 2.24) is 0 Å². The van der Waals surface area contributed by atoms with Crippen molar-refractivity contribution in [3.63, 3.8) is 0 Å². The van der Waals surface area contributed by atoms with Crippen molar-refractivity contribution in [1.29, 1.82) is 0 Å². The topological polar surface area (TPSA) is 35.5 Å². The SMILES string of the molecule is COc1ccc(C(=O)/C(C)=C/c2ccc(OC)c(C)c2)cc1. The smallest absolute Gasteiger partial charge is 0.188 e. The third-order valence-electron chi connectivity index (χ3n) is 3.51. The highest BCUT2D eigenvalue weighted by atomic mass is 16.5. The Kier molecular flexibility index (Phi) is 4.99. The van der Waals surface area contributed by atoms with E-state index >= 15 is 0 Å². The average Bonchev–Trinajstić information content (AvgIpc) is 2.54. The number of ketones is 1. The van der Waals surface area contributed by atoms with Crippen LogP contribution in [0.1, 0.15) is 28.4 Å². The van der Waals surface area contributed by atoms with Crippen LogP contribution < -0.4 is 9.47 Å². The first-order valence-electron chi connectivity index (χ1n) is 7.07. The summed E-state index contributed by atoms with van der Waals surface area (Å²) in [5.41, 5.74) is 3.37. The van der Waals surface area contributed by atoms with Crippen molar-refractivity contribution >= 4 is 11.9 Å². The molecule has 0 radical (unpaired) electrons. The van der Waals surface area contributed by atoms with E-state index in [2.05, 4.69) is 0 Å². The van der Waals surface area contributed by atoms with Crippen LogP contribution in [0, 0.1) is 6.92 Å². The van der Waals surface area contributed by atoms with Gasteiger partial charge in [0.2, 0.25) is 0 Å². The summed E-state index contributed by atoms with van der Waals surface area (Å²) in [4.78, 5) is 12.4. The lowest BCUT2D eigenvalue weighted by Crippen LogP contribution is -2.00. The Balaban J connectivity index is 2.23. The maximum atomic E-state index is 12.4. The van der Waals surface area contributed by atoms with Crippen molar-refractivity contribution in [3.8, 4) is 11.5 Å². The highest BCUT2D eigenvalue weighted by Crippen LogP contribution is 2.21. The monoisotopic (exact) mass is 296 g/mol. The van der Waals surface area contributed by atoms with Gasteiger partial charge in [0.1, 0.15) is 11.5 Å². The van der Waals surface area contributed by atoms with Crippen LogP contribution in [-0.4, -0.2) is 20.0 Å². The van der Waals surface area contributed by atoms with Gasteiger partial charge in [0.05, 0.1) is 14.2 Å². The molecule has 0 fully saturated rings. The standard InChI is InChI=1S/C19H20O3/c1-13-11-15(5-10-18(13)22-4)12-14(2)19(20)16-6-8-17(21-3)9-7-16/h5-12H,1-4H3/b14-12+. The third-order valence-corrected chi connectivity index (χ3v) is 3.51. The summed E-state index contributed by atoms with van der Waals surface area (Å²) in [6, 6.07) is 13.0. The normalized spacial score (nSPS) is 11.2. The fourth-order valence-corrected chi connectivity index (χ4v) is 2.28. The number of carbonyl (C=O) groups is 1. The van der Waals surface area contributed by atoms with Gasteiger partial charge in [-0.2, -0.15) is 0 Å². The summed E-state index contributed by atoms with van der Waals surface area (Å²) in [5, 5.41) is 0. The van der Waals surface area contributed by atoms with E-state index in [1.165, 1.54) is 0 Å². The third kappa shape index (κ3) is 3.55. The van der Waals surface area contributed by atoms with Gasteiger partial charge in [-0.3, -0.25) is 4.79 Å². The molecule has 0 aliphatic rings. The summed E-state index contributed by atoms with van der Waals surface area (Å²) >= 11 is 0. The van der Waals surface area contributed by atoms with E-state index in [0.29, 0.717) is 11.1 Å². The van der Waals surface area contributed by atoms with Gasteiger partial charge < -0.3 is 9.47 Å². The molecule has 2 aromatic rings. The maximum absolute atomic E-state index is 12.4. The van der Waals surface area contributed by atoms with Crippen LogP contribution in [0.5, 0.6) is 11.5 Å². The second-order valence-corrected chi connectivity index (χ2v) is 5.11. The molecule has 0 saturated heterocycles. The highest BCUT2D eigenvalue weighted by molar-refractivity contribution is 6.10. The molecule has 0 aliphatic carbocycles. The van der Waals surface area contributed by atoms with Crippen LogP contribution in [0.4, 0.5) is 0 Å². The van der Waals surface area contributed by atoms with E-state index in [9.17, 15) is 4.79 Å². The van der Waals surface area contributed by atoms with Crippen LogP contribution in [0.3, 0.4) is 0 Å². The predicted molar refractivity (Wildman–Crippen MR) is 88.7 cm³/mol. The zero-order valence-corrected chi connectivity index (χ0v) is 13.3. The lowest BCUT2D eigenvalue weighted by Gasteiger charge is -2.06. The first kappa shape index (κ1) is 15.8. The van der Waals surface area contributed by atoms with Crippen LogP contribution >= 0.6 is 0 Å². The minimum absolute atomic E-state index is 0.0103. The Morgan fingerprint density at radius 1 is 1.00 bits per heavy atom. The average molecular weight is 296 g/mol. The molecule has 114 valence electrons. The minimum Gasteiger partial charge on any atom is -0.497 e. The predicted octanol–water partition coefficient (Wildman–Crippen LogP) is 4.30. The number of rotatable bonds is 5. The van der Waals surface area contributed by atoms with Crippen molar-refractivity contribution in [2.45, 2.75) is 13.8 Å². The molecule has 2 rings (SSSR count). The highest BCUT2D eigenvalue weighted by Gasteiger charge is 2.08.